The van der Waals surface area contributed by atoms with Crippen LogP contribution in [-0.2, 0) is 9.59 Å². The maximum atomic E-state index is 10.9. The van der Waals surface area contributed by atoms with Crippen molar-refractivity contribution in [3.63, 3.8) is 0 Å². The summed E-state index contributed by atoms with van der Waals surface area (Å²) >= 11 is 0. The second-order valence-electron chi connectivity index (χ2n) is 5.10. The van der Waals surface area contributed by atoms with E-state index in [2.05, 4.69) is 20.8 Å². The summed E-state index contributed by atoms with van der Waals surface area (Å²) in [7, 11) is 0. The number of hydrogen-bond donors (Lipinski definition) is 2. The van der Waals surface area contributed by atoms with Crippen LogP contribution < -0.4 is 10.6 Å². The molecule has 0 fully saturated rings. The average molecular weight is 322 g/mol. The topological polar surface area (TPSA) is 82.9 Å². The highest BCUT2D eigenvalue weighted by Gasteiger charge is 1.95. The Morgan fingerprint density at radius 3 is 1.33 bits per heavy atom. The van der Waals surface area contributed by atoms with E-state index in [-0.39, 0.29) is 11.8 Å². The number of carbonyl (C=O) groups excluding carboxylic acids is 2. The van der Waals surface area contributed by atoms with Crippen molar-refractivity contribution in [2.45, 2.75) is 13.8 Å². The van der Waals surface area contributed by atoms with E-state index < -0.39 is 0 Å². The maximum Gasteiger partial charge on any atom is 0.221 e. The lowest BCUT2D eigenvalue weighted by atomic mass is 10.2. The predicted octanol–water partition coefficient (Wildman–Crippen LogP) is 3.06. The Balaban J connectivity index is 1.91. The van der Waals surface area contributed by atoms with Gasteiger partial charge in [0.25, 0.3) is 0 Å². The molecule has 122 valence electrons. The van der Waals surface area contributed by atoms with Crippen molar-refractivity contribution in [1.82, 2.24) is 0 Å². The summed E-state index contributed by atoms with van der Waals surface area (Å²) in [5.74, 6) is -0.212. The van der Waals surface area contributed by atoms with E-state index in [1.807, 2.05) is 24.3 Å². The summed E-state index contributed by atoms with van der Waals surface area (Å²) in [5, 5.41) is 13.4. The van der Waals surface area contributed by atoms with Gasteiger partial charge in [0.15, 0.2) is 0 Å². The number of benzene rings is 2. The fourth-order valence-corrected chi connectivity index (χ4v) is 1.91. The molecule has 0 radical (unpaired) electrons. The summed E-state index contributed by atoms with van der Waals surface area (Å²) in [6, 6.07) is 14.6. The highest BCUT2D eigenvalue weighted by Crippen LogP contribution is 2.09. The molecule has 2 rings (SSSR count). The van der Waals surface area contributed by atoms with Crippen molar-refractivity contribution in [2.24, 2.45) is 10.2 Å². The number of hydrogen-bond acceptors (Lipinski definition) is 4. The van der Waals surface area contributed by atoms with Gasteiger partial charge in [-0.05, 0) is 35.4 Å². The van der Waals surface area contributed by atoms with Crippen molar-refractivity contribution in [3.8, 4) is 0 Å². The van der Waals surface area contributed by atoms with E-state index in [9.17, 15) is 9.59 Å². The summed E-state index contributed by atoms with van der Waals surface area (Å²) < 4.78 is 0. The van der Waals surface area contributed by atoms with Crippen LogP contribution in [0.1, 0.15) is 25.0 Å². The van der Waals surface area contributed by atoms with Gasteiger partial charge >= 0.3 is 0 Å². The first-order valence-electron chi connectivity index (χ1n) is 7.34. The summed E-state index contributed by atoms with van der Waals surface area (Å²) in [6.45, 7) is 2.93. The quantitative estimate of drug-likeness (QED) is 0.655. The van der Waals surface area contributed by atoms with E-state index in [1.54, 1.807) is 36.7 Å². The number of nitrogens with one attached hydrogen (secondary N) is 2. The number of carbonyl (C=O) groups is 2. The molecule has 0 saturated carbocycles. The van der Waals surface area contributed by atoms with Crippen LogP contribution in [0.5, 0.6) is 0 Å². The maximum absolute atomic E-state index is 10.9. The lowest BCUT2D eigenvalue weighted by Crippen LogP contribution is -2.05. The Bertz CT molecular complexity index is 695. The molecule has 0 aliphatic heterocycles. The molecule has 2 aromatic carbocycles. The van der Waals surface area contributed by atoms with E-state index >= 15 is 0 Å². The zero-order valence-corrected chi connectivity index (χ0v) is 13.5. The predicted molar refractivity (Wildman–Crippen MR) is 96.7 cm³/mol. The average Bonchev–Trinajstić information content (AvgIpc) is 2.53. The van der Waals surface area contributed by atoms with Gasteiger partial charge in [0, 0.05) is 25.2 Å². The highest BCUT2D eigenvalue weighted by molar-refractivity contribution is 5.90. The minimum Gasteiger partial charge on any atom is -0.326 e. The Morgan fingerprint density at radius 2 is 1.04 bits per heavy atom. The van der Waals surface area contributed by atoms with Crippen molar-refractivity contribution < 1.29 is 9.59 Å². The van der Waals surface area contributed by atoms with Crippen LogP contribution in [0.2, 0.25) is 0 Å². The van der Waals surface area contributed by atoms with Crippen LogP contribution in [0.15, 0.2) is 58.7 Å². The molecule has 0 aliphatic rings. The van der Waals surface area contributed by atoms with Gasteiger partial charge in [0.05, 0.1) is 12.4 Å². The first-order chi connectivity index (χ1) is 11.5. The zero-order chi connectivity index (χ0) is 17.4. The molecule has 0 atom stereocenters. The lowest BCUT2D eigenvalue weighted by molar-refractivity contribution is -0.115. The van der Waals surface area contributed by atoms with Gasteiger partial charge in [-0.1, -0.05) is 24.3 Å². The Kier molecular flexibility index (Phi) is 5.96. The van der Waals surface area contributed by atoms with Crippen molar-refractivity contribution in [3.05, 3.63) is 59.7 Å². The van der Waals surface area contributed by atoms with E-state index in [1.165, 1.54) is 13.8 Å². The Morgan fingerprint density at radius 1 is 0.708 bits per heavy atom. The first-order valence-corrected chi connectivity index (χ1v) is 7.34. The van der Waals surface area contributed by atoms with E-state index in [0.717, 1.165) is 22.5 Å². The SMILES string of the molecule is CC(=O)Nc1ccc(/C=N/N=C/c2ccc(NC(C)=O)cc2)cc1. The molecular formula is C18H18N4O2. The van der Waals surface area contributed by atoms with Crippen LogP contribution in [0.3, 0.4) is 0 Å². The number of nitrogens with zero attached hydrogens (tertiary/aromatic N) is 2. The molecular weight excluding hydrogens is 304 g/mol. The molecule has 6 nitrogen and oxygen atoms in total. The summed E-state index contributed by atoms with van der Waals surface area (Å²) in [6.07, 6.45) is 3.25. The fourth-order valence-electron chi connectivity index (χ4n) is 1.91. The molecule has 2 N–H and O–H groups in total. The molecule has 0 aromatic heterocycles. The standard InChI is InChI=1S/C18H18N4O2/c1-13(23)21-17-7-3-15(4-8-17)11-19-20-12-16-5-9-18(10-6-16)22-14(2)24/h3-12H,1-2H3,(H,21,23)(H,22,24)/b19-11+,20-12+. The smallest absolute Gasteiger partial charge is 0.221 e. The molecule has 2 amide bonds. The molecule has 0 spiro atoms. The third-order valence-electron chi connectivity index (χ3n) is 2.94. The fraction of sp³-hybridized carbons (Fsp3) is 0.111. The van der Waals surface area contributed by atoms with Gasteiger partial charge in [-0.15, -0.1) is 0 Å². The van der Waals surface area contributed by atoms with Crippen LogP contribution in [0, 0.1) is 0 Å². The third-order valence-corrected chi connectivity index (χ3v) is 2.94. The van der Waals surface area contributed by atoms with Gasteiger partial charge in [-0.2, -0.15) is 10.2 Å². The first kappa shape index (κ1) is 17.1. The normalized spacial score (nSPS) is 10.9. The second kappa shape index (κ2) is 8.38. The van der Waals surface area contributed by atoms with Crippen LogP contribution in [0.25, 0.3) is 0 Å². The summed E-state index contributed by atoms with van der Waals surface area (Å²) in [4.78, 5) is 21.9. The van der Waals surface area contributed by atoms with Gasteiger partial charge < -0.3 is 10.6 Å². The van der Waals surface area contributed by atoms with Crippen molar-refractivity contribution in [2.75, 3.05) is 10.6 Å². The monoisotopic (exact) mass is 322 g/mol. The second-order valence-corrected chi connectivity index (χ2v) is 5.10. The number of rotatable bonds is 5. The van der Waals surface area contributed by atoms with Crippen molar-refractivity contribution in [1.29, 1.82) is 0 Å². The van der Waals surface area contributed by atoms with Crippen molar-refractivity contribution >= 4 is 35.6 Å². The number of anilines is 2. The molecule has 2 aromatic rings. The molecule has 0 aliphatic carbocycles. The van der Waals surface area contributed by atoms with Crippen LogP contribution >= 0.6 is 0 Å². The lowest BCUT2D eigenvalue weighted by Gasteiger charge is -2.01. The van der Waals surface area contributed by atoms with E-state index in [4.69, 9.17) is 0 Å². The summed E-state index contributed by atoms with van der Waals surface area (Å²) in [5.41, 5.74) is 3.23. The molecule has 0 saturated heterocycles. The molecule has 0 bridgehead atoms. The third kappa shape index (κ3) is 5.84. The van der Waals surface area contributed by atoms with Gasteiger partial charge in [0.1, 0.15) is 0 Å². The van der Waals surface area contributed by atoms with Crippen LogP contribution in [-0.4, -0.2) is 24.2 Å². The zero-order valence-electron chi connectivity index (χ0n) is 13.5. The highest BCUT2D eigenvalue weighted by atomic mass is 16.2. The van der Waals surface area contributed by atoms with Gasteiger partial charge in [0.2, 0.25) is 11.8 Å². The number of amides is 2. The molecule has 0 unspecified atom stereocenters. The molecule has 6 heteroatoms. The van der Waals surface area contributed by atoms with Gasteiger partial charge in [-0.3, -0.25) is 9.59 Å². The minimum absolute atomic E-state index is 0.106. The van der Waals surface area contributed by atoms with Crippen LogP contribution in [0.4, 0.5) is 11.4 Å². The largest absolute Gasteiger partial charge is 0.326 e. The Labute approximate surface area is 140 Å². The Hall–Kier alpha value is -3.28. The molecule has 0 heterocycles. The molecule has 24 heavy (non-hydrogen) atoms. The van der Waals surface area contributed by atoms with Gasteiger partial charge in [-0.25, -0.2) is 0 Å². The van der Waals surface area contributed by atoms with E-state index in [0.29, 0.717) is 0 Å². The minimum atomic E-state index is -0.106.